The highest BCUT2D eigenvalue weighted by Crippen LogP contribution is 2.07. The van der Waals surface area contributed by atoms with Crippen molar-refractivity contribution in [2.24, 2.45) is 0 Å². The molecule has 1 aromatic heterocycles. The van der Waals surface area contributed by atoms with Crippen LogP contribution in [0.4, 0.5) is 6.01 Å². The van der Waals surface area contributed by atoms with Crippen LogP contribution in [0.5, 0.6) is 0 Å². The third-order valence-electron chi connectivity index (χ3n) is 2.82. The first-order valence-electron chi connectivity index (χ1n) is 5.66. The van der Waals surface area contributed by atoms with Gasteiger partial charge in [0.25, 0.3) is 0 Å². The number of nitrogens with zero attached hydrogens (tertiary/aromatic N) is 3. The van der Waals surface area contributed by atoms with Crippen LogP contribution < -0.4 is 10.6 Å². The zero-order valence-electron chi connectivity index (χ0n) is 10.1. The molecule has 0 aliphatic carbocycles. The fourth-order valence-corrected chi connectivity index (χ4v) is 1.88. The SMILES string of the molecule is Cc1nnc(NC(=O)CN(C)C2CCNC2)o1. The Balaban J connectivity index is 1.80. The highest BCUT2D eigenvalue weighted by Gasteiger charge is 2.21. The van der Waals surface area contributed by atoms with Gasteiger partial charge in [-0.3, -0.25) is 15.0 Å². The third-order valence-corrected chi connectivity index (χ3v) is 2.82. The second kappa shape index (κ2) is 5.24. The summed E-state index contributed by atoms with van der Waals surface area (Å²) in [5.41, 5.74) is 0. The van der Waals surface area contributed by atoms with Gasteiger partial charge in [0, 0.05) is 19.5 Å². The van der Waals surface area contributed by atoms with Crippen molar-refractivity contribution in [1.29, 1.82) is 0 Å². The number of carbonyl (C=O) groups is 1. The molecule has 2 N–H and O–H groups in total. The molecular weight excluding hydrogens is 222 g/mol. The van der Waals surface area contributed by atoms with Crippen molar-refractivity contribution in [1.82, 2.24) is 20.4 Å². The lowest BCUT2D eigenvalue weighted by Crippen LogP contribution is -2.39. The predicted octanol–water partition coefficient (Wildman–Crippen LogP) is -0.390. The van der Waals surface area contributed by atoms with E-state index in [1.165, 1.54) is 0 Å². The smallest absolute Gasteiger partial charge is 0.322 e. The number of likely N-dealkylation sites (N-methyl/N-ethyl adjacent to an activating group) is 1. The van der Waals surface area contributed by atoms with E-state index in [1.807, 2.05) is 11.9 Å². The molecule has 94 valence electrons. The topological polar surface area (TPSA) is 83.3 Å². The Kier molecular flexibility index (Phi) is 3.70. The molecule has 1 fully saturated rings. The molecule has 1 aliphatic heterocycles. The lowest BCUT2D eigenvalue weighted by Gasteiger charge is -2.22. The van der Waals surface area contributed by atoms with Crippen molar-refractivity contribution < 1.29 is 9.21 Å². The highest BCUT2D eigenvalue weighted by atomic mass is 16.4. The van der Waals surface area contributed by atoms with E-state index in [1.54, 1.807) is 6.92 Å². The second-order valence-electron chi connectivity index (χ2n) is 4.24. The van der Waals surface area contributed by atoms with Crippen LogP contribution in [0, 0.1) is 6.92 Å². The van der Waals surface area contributed by atoms with Crippen LogP contribution in [0.25, 0.3) is 0 Å². The summed E-state index contributed by atoms with van der Waals surface area (Å²) >= 11 is 0. The van der Waals surface area contributed by atoms with Crippen molar-refractivity contribution >= 4 is 11.9 Å². The van der Waals surface area contributed by atoms with Crippen LogP contribution in [0.3, 0.4) is 0 Å². The Morgan fingerprint density at radius 2 is 2.47 bits per heavy atom. The average molecular weight is 239 g/mol. The standard InChI is InChI=1S/C10H17N5O2/c1-7-13-14-10(17-7)12-9(16)6-15(2)8-3-4-11-5-8/h8,11H,3-6H2,1-2H3,(H,12,14,16). The molecule has 0 aromatic carbocycles. The normalized spacial score (nSPS) is 19.8. The van der Waals surface area contributed by atoms with Crippen molar-refractivity contribution in [3.8, 4) is 0 Å². The van der Waals surface area contributed by atoms with Crippen molar-refractivity contribution in [2.45, 2.75) is 19.4 Å². The Morgan fingerprint density at radius 1 is 1.65 bits per heavy atom. The number of hydrogen-bond acceptors (Lipinski definition) is 6. The highest BCUT2D eigenvalue weighted by molar-refractivity contribution is 5.90. The van der Waals surface area contributed by atoms with Gasteiger partial charge in [-0.25, -0.2) is 0 Å². The molecule has 2 heterocycles. The average Bonchev–Trinajstić information content (AvgIpc) is 2.89. The maximum absolute atomic E-state index is 11.7. The van der Waals surface area contributed by atoms with E-state index in [-0.39, 0.29) is 11.9 Å². The van der Waals surface area contributed by atoms with E-state index >= 15 is 0 Å². The molecule has 2 rings (SSSR count). The molecule has 7 nitrogen and oxygen atoms in total. The van der Waals surface area contributed by atoms with Gasteiger partial charge in [-0.2, -0.15) is 0 Å². The van der Waals surface area contributed by atoms with Gasteiger partial charge in [-0.05, 0) is 20.0 Å². The zero-order chi connectivity index (χ0) is 12.3. The first-order valence-corrected chi connectivity index (χ1v) is 5.66. The molecule has 1 unspecified atom stereocenters. The van der Waals surface area contributed by atoms with Crippen molar-refractivity contribution in [3.05, 3.63) is 5.89 Å². The largest absolute Gasteiger partial charge is 0.408 e. The number of aryl methyl sites for hydroxylation is 1. The maximum atomic E-state index is 11.7. The predicted molar refractivity (Wildman–Crippen MR) is 61.6 cm³/mol. The molecule has 1 atom stereocenters. The van der Waals surface area contributed by atoms with E-state index in [9.17, 15) is 4.79 Å². The summed E-state index contributed by atoms with van der Waals surface area (Å²) in [5, 5.41) is 13.2. The van der Waals surface area contributed by atoms with E-state index in [2.05, 4.69) is 20.8 Å². The Labute approximate surface area is 99.6 Å². The summed E-state index contributed by atoms with van der Waals surface area (Å²) in [7, 11) is 1.94. The van der Waals surface area contributed by atoms with E-state index in [4.69, 9.17) is 4.42 Å². The van der Waals surface area contributed by atoms with E-state index in [0.29, 0.717) is 18.5 Å². The first kappa shape index (κ1) is 12.0. The summed E-state index contributed by atoms with van der Waals surface area (Å²) < 4.78 is 5.08. The molecule has 1 amide bonds. The number of carbonyl (C=O) groups excluding carboxylic acids is 1. The molecule has 0 bridgehead atoms. The number of aromatic nitrogens is 2. The summed E-state index contributed by atoms with van der Waals surface area (Å²) in [5.74, 6) is 0.302. The number of rotatable bonds is 4. The van der Waals surface area contributed by atoms with Gasteiger partial charge in [-0.15, -0.1) is 5.10 Å². The maximum Gasteiger partial charge on any atom is 0.322 e. The van der Waals surface area contributed by atoms with Crippen LogP contribution in [0.2, 0.25) is 0 Å². The fraction of sp³-hybridized carbons (Fsp3) is 0.700. The van der Waals surface area contributed by atoms with Gasteiger partial charge < -0.3 is 9.73 Å². The minimum absolute atomic E-state index is 0.136. The number of anilines is 1. The molecule has 0 radical (unpaired) electrons. The lowest BCUT2D eigenvalue weighted by atomic mass is 10.2. The first-order chi connectivity index (χ1) is 8.15. The minimum Gasteiger partial charge on any atom is -0.408 e. The van der Waals surface area contributed by atoms with Crippen LogP contribution in [-0.2, 0) is 4.79 Å². The van der Waals surface area contributed by atoms with Crippen LogP contribution >= 0.6 is 0 Å². The summed E-state index contributed by atoms with van der Waals surface area (Å²) in [4.78, 5) is 13.7. The van der Waals surface area contributed by atoms with Gasteiger partial charge in [0.15, 0.2) is 0 Å². The van der Waals surface area contributed by atoms with Crippen LogP contribution in [0.15, 0.2) is 4.42 Å². The van der Waals surface area contributed by atoms with Crippen molar-refractivity contribution in [3.63, 3.8) is 0 Å². The molecule has 1 aliphatic rings. The second-order valence-corrected chi connectivity index (χ2v) is 4.24. The summed E-state index contributed by atoms with van der Waals surface area (Å²) in [6.45, 7) is 3.95. The van der Waals surface area contributed by atoms with Crippen LogP contribution in [0.1, 0.15) is 12.3 Å². The van der Waals surface area contributed by atoms with Crippen molar-refractivity contribution in [2.75, 3.05) is 32.0 Å². The van der Waals surface area contributed by atoms with E-state index < -0.39 is 0 Å². The van der Waals surface area contributed by atoms with Gasteiger partial charge in [0.2, 0.25) is 11.8 Å². The van der Waals surface area contributed by atoms with Crippen LogP contribution in [-0.4, -0.2) is 53.7 Å². The zero-order valence-corrected chi connectivity index (χ0v) is 10.1. The molecule has 17 heavy (non-hydrogen) atoms. The Bertz CT molecular complexity index is 386. The Morgan fingerprint density at radius 3 is 3.06 bits per heavy atom. The fourth-order valence-electron chi connectivity index (χ4n) is 1.88. The number of amides is 1. The molecule has 0 spiro atoms. The van der Waals surface area contributed by atoms with Gasteiger partial charge in [-0.1, -0.05) is 5.10 Å². The van der Waals surface area contributed by atoms with E-state index in [0.717, 1.165) is 19.5 Å². The molecule has 1 saturated heterocycles. The minimum atomic E-state index is -0.136. The quantitative estimate of drug-likeness (QED) is 0.744. The summed E-state index contributed by atoms with van der Waals surface area (Å²) in [6.07, 6.45) is 1.07. The van der Waals surface area contributed by atoms with Gasteiger partial charge >= 0.3 is 6.01 Å². The Hall–Kier alpha value is -1.47. The molecule has 7 heteroatoms. The number of nitrogens with one attached hydrogen (secondary N) is 2. The summed E-state index contributed by atoms with van der Waals surface area (Å²) in [6, 6.07) is 0.579. The molecule has 1 aromatic rings. The number of hydrogen-bond donors (Lipinski definition) is 2. The molecule has 0 saturated carbocycles. The lowest BCUT2D eigenvalue weighted by molar-refractivity contribution is -0.117. The van der Waals surface area contributed by atoms with Gasteiger partial charge in [0.1, 0.15) is 0 Å². The molecular formula is C10H17N5O2. The third kappa shape index (κ3) is 3.24. The van der Waals surface area contributed by atoms with Gasteiger partial charge in [0.05, 0.1) is 6.54 Å². The monoisotopic (exact) mass is 239 g/mol.